The van der Waals surface area contributed by atoms with E-state index in [1.165, 1.54) is 6.92 Å². The second kappa shape index (κ2) is 13.3. The molecule has 3 aromatic carbocycles. The number of ketones is 1. The SMILES string of the molecule is CC(=O)c1ccc2c(c1)C(=O)N(C(C)c1ccc(Cl)cc1)C(c1ccc(Cl)cc1)C(=O)N2CCCCC(=O)OC(C)(C)C. The number of rotatable bonds is 9. The third-order valence-electron chi connectivity index (χ3n) is 7.32. The zero-order valence-corrected chi connectivity index (χ0v) is 26.5. The Labute approximate surface area is 262 Å². The number of halogens is 2. The molecular formula is C34H36Cl2N2O5. The van der Waals surface area contributed by atoms with Gasteiger partial charge in [0, 0.05) is 28.6 Å². The van der Waals surface area contributed by atoms with Gasteiger partial charge in [0.05, 0.1) is 17.3 Å². The summed E-state index contributed by atoms with van der Waals surface area (Å²) in [6.07, 6.45) is 1.19. The maximum atomic E-state index is 14.6. The van der Waals surface area contributed by atoms with E-state index in [1.54, 1.807) is 64.4 Å². The van der Waals surface area contributed by atoms with Crippen LogP contribution < -0.4 is 4.90 Å². The topological polar surface area (TPSA) is 84.0 Å². The van der Waals surface area contributed by atoms with E-state index in [2.05, 4.69) is 0 Å². The number of benzene rings is 3. The molecule has 0 bridgehead atoms. The summed E-state index contributed by atoms with van der Waals surface area (Å²) in [6.45, 7) is 9.01. The number of esters is 1. The van der Waals surface area contributed by atoms with Crippen molar-refractivity contribution < 1.29 is 23.9 Å². The fraction of sp³-hybridized carbons (Fsp3) is 0.353. The second-order valence-electron chi connectivity index (χ2n) is 11.7. The number of hydrogen-bond donors (Lipinski definition) is 0. The van der Waals surface area contributed by atoms with Crippen LogP contribution in [0.4, 0.5) is 5.69 Å². The van der Waals surface area contributed by atoms with Gasteiger partial charge in [0.1, 0.15) is 11.6 Å². The van der Waals surface area contributed by atoms with Crippen molar-refractivity contribution in [2.75, 3.05) is 11.4 Å². The number of hydrogen-bond acceptors (Lipinski definition) is 5. The predicted molar refractivity (Wildman–Crippen MR) is 169 cm³/mol. The summed E-state index contributed by atoms with van der Waals surface area (Å²) in [5, 5.41) is 1.05. The fourth-order valence-electron chi connectivity index (χ4n) is 5.22. The number of nitrogens with zero attached hydrogens (tertiary/aromatic N) is 2. The lowest BCUT2D eigenvalue weighted by Gasteiger charge is -2.36. The number of amides is 2. The van der Waals surface area contributed by atoms with E-state index in [9.17, 15) is 19.2 Å². The molecule has 7 nitrogen and oxygen atoms in total. The molecule has 0 fully saturated rings. The predicted octanol–water partition coefficient (Wildman–Crippen LogP) is 8.00. The molecule has 2 unspecified atom stereocenters. The molecule has 0 radical (unpaired) electrons. The summed E-state index contributed by atoms with van der Waals surface area (Å²) in [5.41, 5.74) is 1.85. The molecule has 4 rings (SSSR count). The summed E-state index contributed by atoms with van der Waals surface area (Å²) >= 11 is 12.3. The minimum Gasteiger partial charge on any atom is -0.460 e. The average molecular weight is 624 g/mol. The Bertz CT molecular complexity index is 1510. The van der Waals surface area contributed by atoms with Crippen molar-refractivity contribution in [1.82, 2.24) is 4.90 Å². The van der Waals surface area contributed by atoms with E-state index in [0.29, 0.717) is 39.7 Å². The van der Waals surface area contributed by atoms with Crippen molar-refractivity contribution in [1.29, 1.82) is 0 Å². The smallest absolute Gasteiger partial charge is 0.306 e. The molecule has 0 saturated carbocycles. The molecule has 2 amide bonds. The van der Waals surface area contributed by atoms with Crippen molar-refractivity contribution in [2.24, 2.45) is 0 Å². The Morgan fingerprint density at radius 1 is 0.907 bits per heavy atom. The largest absolute Gasteiger partial charge is 0.460 e. The Kier molecular flexibility index (Phi) is 9.98. The first kappa shape index (κ1) is 32.2. The van der Waals surface area contributed by atoms with Crippen LogP contribution in [-0.2, 0) is 14.3 Å². The highest BCUT2D eigenvalue weighted by atomic mass is 35.5. The van der Waals surface area contributed by atoms with Gasteiger partial charge in [-0.25, -0.2) is 0 Å². The Morgan fingerprint density at radius 2 is 1.51 bits per heavy atom. The van der Waals surface area contributed by atoms with Crippen LogP contribution in [0.15, 0.2) is 66.7 Å². The van der Waals surface area contributed by atoms with E-state index in [1.807, 2.05) is 39.8 Å². The zero-order chi connectivity index (χ0) is 31.5. The van der Waals surface area contributed by atoms with Crippen molar-refractivity contribution in [3.05, 3.63) is 99.0 Å². The number of unbranched alkanes of at least 4 members (excludes halogenated alkanes) is 1. The number of carbonyl (C=O) groups excluding carboxylic acids is 4. The van der Waals surface area contributed by atoms with Gasteiger partial charge in [0.15, 0.2) is 5.78 Å². The number of carbonyl (C=O) groups is 4. The van der Waals surface area contributed by atoms with Gasteiger partial charge in [-0.1, -0.05) is 47.5 Å². The highest BCUT2D eigenvalue weighted by molar-refractivity contribution is 6.30. The lowest BCUT2D eigenvalue weighted by atomic mass is 9.98. The quantitative estimate of drug-likeness (QED) is 0.137. The van der Waals surface area contributed by atoms with Gasteiger partial charge in [-0.3, -0.25) is 19.2 Å². The lowest BCUT2D eigenvalue weighted by molar-refractivity contribution is -0.154. The van der Waals surface area contributed by atoms with Crippen LogP contribution >= 0.6 is 23.2 Å². The maximum Gasteiger partial charge on any atom is 0.306 e. The molecule has 226 valence electrons. The van der Waals surface area contributed by atoms with Crippen LogP contribution in [0, 0.1) is 0 Å². The number of ether oxygens (including phenoxy) is 1. The number of Topliss-reactive ketones (excluding diaryl/α,β-unsaturated/α-hetero) is 1. The molecule has 0 saturated heterocycles. The summed E-state index contributed by atoms with van der Waals surface area (Å²) in [6, 6.07) is 17.4. The first-order chi connectivity index (χ1) is 20.3. The normalized spacial score (nSPS) is 16.0. The minimum atomic E-state index is -0.991. The standard InChI is InChI=1S/C34H36Cl2N2O5/c1-21(23-9-14-26(35)15-10-23)38-31(24-11-16-27(36)17-12-24)33(42)37(19-7-6-8-30(40)43-34(3,4)5)29-18-13-25(22(2)39)20-28(29)32(38)41/h9-18,20-21,31H,6-8,19H2,1-5H3. The number of anilines is 1. The Balaban J connectivity index is 1.79. The van der Waals surface area contributed by atoms with Crippen LogP contribution in [0.3, 0.4) is 0 Å². The second-order valence-corrected chi connectivity index (χ2v) is 12.6. The van der Waals surface area contributed by atoms with E-state index >= 15 is 0 Å². The van der Waals surface area contributed by atoms with Crippen molar-refractivity contribution in [2.45, 2.75) is 71.6 Å². The minimum absolute atomic E-state index is 0.193. The van der Waals surface area contributed by atoms with Crippen molar-refractivity contribution >= 4 is 52.5 Å². The number of fused-ring (bicyclic) bond motifs is 1. The van der Waals surface area contributed by atoms with Crippen LogP contribution in [-0.4, -0.2) is 40.6 Å². The van der Waals surface area contributed by atoms with Gasteiger partial charge in [-0.2, -0.15) is 0 Å². The summed E-state index contributed by atoms with van der Waals surface area (Å²) in [5.74, 6) is -1.19. The van der Waals surface area contributed by atoms with E-state index in [-0.39, 0.29) is 42.1 Å². The highest BCUT2D eigenvalue weighted by Crippen LogP contribution is 2.40. The molecule has 1 heterocycles. The molecule has 0 spiro atoms. The van der Waals surface area contributed by atoms with Crippen LogP contribution in [0.1, 0.15) is 97.8 Å². The molecule has 43 heavy (non-hydrogen) atoms. The van der Waals surface area contributed by atoms with Gasteiger partial charge in [-0.05, 0) is 101 Å². The van der Waals surface area contributed by atoms with Gasteiger partial charge >= 0.3 is 5.97 Å². The molecule has 3 aromatic rings. The fourth-order valence-corrected chi connectivity index (χ4v) is 5.47. The average Bonchev–Trinajstić information content (AvgIpc) is 3.03. The third kappa shape index (κ3) is 7.64. The van der Waals surface area contributed by atoms with Gasteiger partial charge in [0.2, 0.25) is 0 Å². The van der Waals surface area contributed by atoms with Crippen LogP contribution in [0.2, 0.25) is 10.0 Å². The van der Waals surface area contributed by atoms with Crippen LogP contribution in [0.25, 0.3) is 0 Å². The molecule has 0 N–H and O–H groups in total. The molecular weight excluding hydrogens is 587 g/mol. The first-order valence-corrected chi connectivity index (χ1v) is 15.0. The van der Waals surface area contributed by atoms with E-state index in [4.69, 9.17) is 27.9 Å². The molecule has 0 aliphatic carbocycles. The molecule has 0 aromatic heterocycles. The first-order valence-electron chi connectivity index (χ1n) is 14.3. The molecule has 2 atom stereocenters. The third-order valence-corrected chi connectivity index (χ3v) is 7.83. The summed E-state index contributed by atoms with van der Waals surface area (Å²) in [4.78, 5) is 56.9. The molecule has 9 heteroatoms. The summed E-state index contributed by atoms with van der Waals surface area (Å²) < 4.78 is 5.43. The summed E-state index contributed by atoms with van der Waals surface area (Å²) in [7, 11) is 0. The van der Waals surface area contributed by atoms with Gasteiger partial charge < -0.3 is 14.5 Å². The van der Waals surface area contributed by atoms with Gasteiger partial charge in [-0.15, -0.1) is 0 Å². The molecule has 1 aliphatic heterocycles. The van der Waals surface area contributed by atoms with E-state index < -0.39 is 17.7 Å². The highest BCUT2D eigenvalue weighted by Gasteiger charge is 2.43. The van der Waals surface area contributed by atoms with Crippen molar-refractivity contribution in [3.63, 3.8) is 0 Å². The Hall–Kier alpha value is -3.68. The maximum absolute atomic E-state index is 14.6. The lowest BCUT2D eigenvalue weighted by Crippen LogP contribution is -2.44. The Morgan fingerprint density at radius 3 is 2.09 bits per heavy atom. The van der Waals surface area contributed by atoms with Crippen LogP contribution in [0.5, 0.6) is 0 Å². The van der Waals surface area contributed by atoms with Gasteiger partial charge in [0.25, 0.3) is 11.8 Å². The van der Waals surface area contributed by atoms with E-state index in [0.717, 1.165) is 5.56 Å². The zero-order valence-electron chi connectivity index (χ0n) is 25.0. The monoisotopic (exact) mass is 622 g/mol. The molecule has 1 aliphatic rings. The van der Waals surface area contributed by atoms with Crippen molar-refractivity contribution in [3.8, 4) is 0 Å².